The van der Waals surface area contributed by atoms with E-state index < -0.39 is 21.8 Å². The minimum absolute atomic E-state index is 0.0659. The molecule has 25 heavy (non-hydrogen) atoms. The lowest BCUT2D eigenvalue weighted by Crippen LogP contribution is -2.20. The Balaban J connectivity index is 2.20. The number of anilines is 1. The van der Waals surface area contributed by atoms with Crippen LogP contribution in [0.25, 0.3) is 0 Å². The molecule has 0 aliphatic carbocycles. The largest absolute Gasteiger partial charge is 0.484 e. The molecule has 0 bridgehead atoms. The van der Waals surface area contributed by atoms with Crippen LogP contribution in [0.4, 0.5) is 5.69 Å². The van der Waals surface area contributed by atoms with Gasteiger partial charge in [-0.25, -0.2) is 13.6 Å². The maximum atomic E-state index is 12.3. The van der Waals surface area contributed by atoms with Crippen molar-refractivity contribution in [3.8, 4) is 5.75 Å². The molecule has 5 N–H and O–H groups in total. The third-order valence-corrected chi connectivity index (χ3v) is 4.28. The molecule has 0 saturated carbocycles. The number of hydrogen-bond donors (Lipinski definition) is 3. The fourth-order valence-corrected chi connectivity index (χ4v) is 2.88. The van der Waals surface area contributed by atoms with Gasteiger partial charge in [-0.3, -0.25) is 9.59 Å². The molecule has 0 fully saturated rings. The van der Waals surface area contributed by atoms with Crippen LogP contribution in [0.5, 0.6) is 5.75 Å². The molecule has 0 heterocycles. The van der Waals surface area contributed by atoms with E-state index in [0.717, 1.165) is 0 Å². The number of rotatable bonds is 6. The van der Waals surface area contributed by atoms with Crippen LogP contribution in [0, 0.1) is 6.92 Å². The lowest BCUT2D eigenvalue weighted by molar-refractivity contribution is -0.119. The third kappa shape index (κ3) is 5.03. The zero-order valence-corrected chi connectivity index (χ0v) is 14.2. The summed E-state index contributed by atoms with van der Waals surface area (Å²) in [5.74, 6) is -0.806. The minimum atomic E-state index is -3.89. The Labute approximate surface area is 144 Å². The fourth-order valence-electron chi connectivity index (χ4n) is 2.07. The summed E-state index contributed by atoms with van der Waals surface area (Å²) in [6.45, 7) is 1.30. The zero-order chi connectivity index (χ0) is 18.6. The molecule has 0 spiro atoms. The summed E-state index contributed by atoms with van der Waals surface area (Å²) in [4.78, 5) is 23.0. The maximum Gasteiger partial charge on any atom is 0.255 e. The second kappa shape index (κ2) is 7.32. The standard InChI is InChI=1S/C16H17N3O5S/c1-10-5-6-12(8-14(10)25(18,22)23)19-16(21)11-3-2-4-13(7-11)24-9-15(17)20/h2-8H,9H2,1H3,(H2,17,20)(H,19,21)(H2,18,22,23). The highest BCUT2D eigenvalue weighted by molar-refractivity contribution is 7.89. The van der Waals surface area contributed by atoms with E-state index in [4.69, 9.17) is 15.6 Å². The summed E-state index contributed by atoms with van der Waals surface area (Å²) in [5, 5.41) is 7.74. The van der Waals surface area contributed by atoms with E-state index in [1.807, 2.05) is 0 Å². The number of carbonyl (C=O) groups is 2. The van der Waals surface area contributed by atoms with Crippen LogP contribution in [-0.2, 0) is 14.8 Å². The first-order valence-corrected chi connectivity index (χ1v) is 8.67. The summed E-state index contributed by atoms with van der Waals surface area (Å²) in [6.07, 6.45) is 0. The number of hydrogen-bond acceptors (Lipinski definition) is 5. The Bertz CT molecular complexity index is 925. The molecule has 8 nitrogen and oxygen atoms in total. The zero-order valence-electron chi connectivity index (χ0n) is 13.4. The monoisotopic (exact) mass is 363 g/mol. The summed E-state index contributed by atoms with van der Waals surface area (Å²) in [6, 6.07) is 10.5. The lowest BCUT2D eigenvalue weighted by Gasteiger charge is -2.10. The highest BCUT2D eigenvalue weighted by Gasteiger charge is 2.14. The lowest BCUT2D eigenvalue weighted by atomic mass is 10.2. The van der Waals surface area contributed by atoms with Gasteiger partial charge >= 0.3 is 0 Å². The second-order valence-corrected chi connectivity index (χ2v) is 6.79. The van der Waals surface area contributed by atoms with Crippen molar-refractivity contribution in [1.82, 2.24) is 0 Å². The van der Waals surface area contributed by atoms with Crippen molar-refractivity contribution in [2.75, 3.05) is 11.9 Å². The van der Waals surface area contributed by atoms with Gasteiger partial charge in [-0.2, -0.15) is 0 Å². The van der Waals surface area contributed by atoms with Gasteiger partial charge in [0, 0.05) is 11.3 Å². The number of sulfonamides is 1. The Morgan fingerprint density at radius 3 is 2.52 bits per heavy atom. The van der Waals surface area contributed by atoms with E-state index in [9.17, 15) is 18.0 Å². The SMILES string of the molecule is Cc1ccc(NC(=O)c2cccc(OCC(N)=O)c2)cc1S(N)(=O)=O. The number of primary sulfonamides is 1. The van der Waals surface area contributed by atoms with Crippen molar-refractivity contribution in [2.45, 2.75) is 11.8 Å². The molecule has 2 aromatic rings. The van der Waals surface area contributed by atoms with E-state index in [-0.39, 0.29) is 22.8 Å². The van der Waals surface area contributed by atoms with Crippen molar-refractivity contribution in [2.24, 2.45) is 10.9 Å². The molecule has 0 atom stereocenters. The number of nitrogens with two attached hydrogens (primary N) is 2. The van der Waals surface area contributed by atoms with Crippen molar-refractivity contribution in [3.63, 3.8) is 0 Å². The van der Waals surface area contributed by atoms with E-state index in [0.29, 0.717) is 11.3 Å². The van der Waals surface area contributed by atoms with Crippen LogP contribution in [0.15, 0.2) is 47.4 Å². The van der Waals surface area contributed by atoms with E-state index in [1.165, 1.54) is 12.1 Å². The summed E-state index contributed by atoms with van der Waals surface area (Å²) >= 11 is 0. The van der Waals surface area contributed by atoms with Gasteiger partial charge in [-0.1, -0.05) is 12.1 Å². The summed E-state index contributed by atoms with van der Waals surface area (Å²) in [5.41, 5.74) is 6.02. The van der Waals surface area contributed by atoms with Gasteiger partial charge in [0.1, 0.15) is 5.75 Å². The minimum Gasteiger partial charge on any atom is -0.484 e. The molecule has 0 saturated heterocycles. The molecule has 0 unspecified atom stereocenters. The number of primary amides is 1. The fraction of sp³-hybridized carbons (Fsp3) is 0.125. The Hall–Kier alpha value is -2.91. The van der Waals surface area contributed by atoms with Gasteiger partial charge in [0.05, 0.1) is 4.90 Å². The van der Waals surface area contributed by atoms with Crippen LogP contribution in [0.2, 0.25) is 0 Å². The molecule has 2 amide bonds. The summed E-state index contributed by atoms with van der Waals surface area (Å²) < 4.78 is 28.2. The topological polar surface area (TPSA) is 142 Å². The molecular weight excluding hydrogens is 346 g/mol. The Kier molecular flexibility index (Phi) is 5.40. The van der Waals surface area contributed by atoms with Crippen LogP contribution in [-0.4, -0.2) is 26.8 Å². The van der Waals surface area contributed by atoms with Gasteiger partial charge < -0.3 is 15.8 Å². The Morgan fingerprint density at radius 1 is 1.16 bits per heavy atom. The van der Waals surface area contributed by atoms with Crippen LogP contribution in [0.3, 0.4) is 0 Å². The first-order chi connectivity index (χ1) is 11.7. The normalized spacial score (nSPS) is 11.0. The van der Waals surface area contributed by atoms with E-state index >= 15 is 0 Å². The first kappa shape index (κ1) is 18.4. The average Bonchev–Trinajstić information content (AvgIpc) is 2.54. The molecular formula is C16H17N3O5S. The molecule has 0 radical (unpaired) electrons. The van der Waals surface area contributed by atoms with Crippen molar-refractivity contribution in [1.29, 1.82) is 0 Å². The molecule has 132 valence electrons. The van der Waals surface area contributed by atoms with Gasteiger partial charge in [-0.15, -0.1) is 0 Å². The highest BCUT2D eigenvalue weighted by atomic mass is 32.2. The summed E-state index contributed by atoms with van der Waals surface area (Å²) in [7, 11) is -3.89. The average molecular weight is 363 g/mol. The number of carbonyl (C=O) groups excluding carboxylic acids is 2. The highest BCUT2D eigenvalue weighted by Crippen LogP contribution is 2.20. The Morgan fingerprint density at radius 2 is 1.88 bits per heavy atom. The van der Waals surface area contributed by atoms with Crippen molar-refractivity contribution in [3.05, 3.63) is 53.6 Å². The quantitative estimate of drug-likeness (QED) is 0.694. The second-order valence-electron chi connectivity index (χ2n) is 5.26. The maximum absolute atomic E-state index is 12.3. The van der Waals surface area contributed by atoms with Gasteiger partial charge in [0.15, 0.2) is 6.61 Å². The number of ether oxygens (including phenoxy) is 1. The molecule has 0 aliphatic heterocycles. The van der Waals surface area contributed by atoms with Crippen LogP contribution >= 0.6 is 0 Å². The van der Waals surface area contributed by atoms with E-state index in [2.05, 4.69) is 5.32 Å². The predicted molar refractivity (Wildman–Crippen MR) is 91.6 cm³/mol. The molecule has 0 aromatic heterocycles. The van der Waals surface area contributed by atoms with Gasteiger partial charge in [0.25, 0.3) is 11.8 Å². The van der Waals surface area contributed by atoms with Crippen molar-refractivity contribution >= 4 is 27.5 Å². The molecule has 2 aromatic carbocycles. The number of nitrogens with one attached hydrogen (secondary N) is 1. The van der Waals surface area contributed by atoms with Crippen molar-refractivity contribution < 1.29 is 22.7 Å². The van der Waals surface area contributed by atoms with E-state index in [1.54, 1.807) is 37.3 Å². The van der Waals surface area contributed by atoms with Crippen LogP contribution in [0.1, 0.15) is 15.9 Å². The molecule has 9 heteroatoms. The number of aryl methyl sites for hydroxylation is 1. The van der Waals surface area contributed by atoms with Crippen LogP contribution < -0.4 is 20.9 Å². The molecule has 0 aliphatic rings. The predicted octanol–water partition coefficient (Wildman–Crippen LogP) is 0.759. The number of benzene rings is 2. The number of amides is 2. The van der Waals surface area contributed by atoms with Gasteiger partial charge in [0.2, 0.25) is 10.0 Å². The first-order valence-electron chi connectivity index (χ1n) is 7.13. The third-order valence-electron chi connectivity index (χ3n) is 3.23. The van der Waals surface area contributed by atoms with Gasteiger partial charge in [-0.05, 0) is 42.8 Å². The molecule has 2 rings (SSSR count). The smallest absolute Gasteiger partial charge is 0.255 e.